The van der Waals surface area contributed by atoms with E-state index in [2.05, 4.69) is 149 Å². The zero-order chi connectivity index (χ0) is 30.6. The summed E-state index contributed by atoms with van der Waals surface area (Å²) in [5.41, 5.74) is 8.75. The van der Waals surface area contributed by atoms with Gasteiger partial charge in [0, 0.05) is 11.1 Å². The van der Waals surface area contributed by atoms with Crippen LogP contribution in [0.15, 0.2) is 29.0 Å². The predicted molar refractivity (Wildman–Crippen MR) is 175 cm³/mol. The largest absolute Gasteiger partial charge is 0.422 e. The minimum Gasteiger partial charge on any atom is -0.422 e. The predicted octanol–water partition coefficient (Wildman–Crippen LogP) is 12.2. The lowest BCUT2D eigenvalue weighted by Gasteiger charge is -2.32. The van der Waals surface area contributed by atoms with Crippen LogP contribution in [0.3, 0.4) is 0 Å². The van der Waals surface area contributed by atoms with E-state index in [1.807, 2.05) is 0 Å². The molecule has 0 aliphatic rings. The fourth-order valence-corrected chi connectivity index (χ4v) is 5.31. The van der Waals surface area contributed by atoms with Gasteiger partial charge in [0.2, 0.25) is 8.60 Å². The molecule has 0 radical (unpaired) electrons. The Balaban J connectivity index is 2.86. The van der Waals surface area contributed by atoms with Crippen molar-refractivity contribution in [3.8, 4) is 5.75 Å². The van der Waals surface area contributed by atoms with E-state index in [1.165, 1.54) is 33.4 Å². The summed E-state index contributed by atoms with van der Waals surface area (Å²) < 4.78 is 12.0. The molecule has 2 rings (SSSR count). The molecule has 0 N–H and O–H groups in total. The highest BCUT2D eigenvalue weighted by atomic mass is 31.1. The molecule has 0 spiro atoms. The van der Waals surface area contributed by atoms with Crippen molar-refractivity contribution >= 4 is 14.3 Å². The first-order valence-corrected chi connectivity index (χ1v) is 15.4. The lowest BCUT2D eigenvalue weighted by Crippen LogP contribution is -2.22. The van der Waals surface area contributed by atoms with Crippen LogP contribution in [-0.4, -0.2) is 0 Å². The second-order valence-electron chi connectivity index (χ2n) is 17.6. The molecule has 0 aromatic heterocycles. The minimum atomic E-state index is -0.0619. The standard InChI is InChI=1S/C36H58NOP/c1-31(2,3)23-19-25(33(7,8)9)29(26(20-23)34(10,11)12)37-39-38-30-27(35(13,14)15)21-24(32(4,5)6)22-28(30)36(16,17)18/h19-22H,1-18H3. The summed E-state index contributed by atoms with van der Waals surface area (Å²) in [4.78, 5) is 0. The van der Waals surface area contributed by atoms with Crippen molar-refractivity contribution < 1.29 is 4.52 Å². The Morgan fingerprint density at radius 2 is 0.718 bits per heavy atom. The Labute approximate surface area is 243 Å². The van der Waals surface area contributed by atoms with E-state index in [0.717, 1.165) is 11.4 Å². The van der Waals surface area contributed by atoms with Gasteiger partial charge in [-0.2, -0.15) is 4.74 Å². The van der Waals surface area contributed by atoms with Crippen LogP contribution < -0.4 is 4.52 Å². The zero-order valence-electron chi connectivity index (χ0n) is 28.6. The summed E-state index contributed by atoms with van der Waals surface area (Å²) >= 11 is 0. The maximum atomic E-state index is 6.73. The van der Waals surface area contributed by atoms with Gasteiger partial charge in [-0.15, -0.1) is 0 Å². The molecule has 0 fully saturated rings. The minimum absolute atomic E-state index is 0.0445. The number of rotatable bonds is 3. The third-order valence-electron chi connectivity index (χ3n) is 7.44. The highest BCUT2D eigenvalue weighted by Gasteiger charge is 2.32. The molecule has 0 unspecified atom stereocenters. The maximum Gasteiger partial charge on any atom is 0.247 e. The van der Waals surface area contributed by atoms with E-state index in [-0.39, 0.29) is 32.5 Å². The summed E-state index contributed by atoms with van der Waals surface area (Å²) in [6.07, 6.45) is 0. The van der Waals surface area contributed by atoms with Crippen molar-refractivity contribution in [2.24, 2.45) is 4.74 Å². The molecule has 0 aliphatic heterocycles. The van der Waals surface area contributed by atoms with Crippen molar-refractivity contribution in [2.45, 2.75) is 157 Å². The van der Waals surface area contributed by atoms with Crippen LogP contribution >= 0.6 is 8.60 Å². The third-order valence-corrected chi connectivity index (χ3v) is 7.98. The van der Waals surface area contributed by atoms with Crippen molar-refractivity contribution in [3.05, 3.63) is 57.6 Å². The molecule has 39 heavy (non-hydrogen) atoms. The van der Waals surface area contributed by atoms with Crippen LogP contribution in [0, 0.1) is 0 Å². The van der Waals surface area contributed by atoms with Crippen molar-refractivity contribution in [1.82, 2.24) is 0 Å². The first kappa shape index (κ1) is 33.5. The number of hydrogen-bond acceptors (Lipinski definition) is 2. The Morgan fingerprint density at radius 3 is 0.974 bits per heavy atom. The highest BCUT2D eigenvalue weighted by molar-refractivity contribution is 7.21. The van der Waals surface area contributed by atoms with Crippen LogP contribution in [0.1, 0.15) is 158 Å². The SMILES string of the molecule is CC(C)(C)c1cc(C(C)(C)C)c(N=POc2c(C(C)(C)C)cc(C(C)(C)C)cc2C(C)(C)C)c(C(C)(C)C)c1. The molecule has 3 heteroatoms. The van der Waals surface area contributed by atoms with Gasteiger partial charge >= 0.3 is 0 Å². The summed E-state index contributed by atoms with van der Waals surface area (Å²) in [5, 5.41) is 0. The highest BCUT2D eigenvalue weighted by Crippen LogP contribution is 2.47. The van der Waals surface area contributed by atoms with Gasteiger partial charge in [0.15, 0.2) is 0 Å². The number of hydrogen-bond donors (Lipinski definition) is 0. The zero-order valence-corrected chi connectivity index (χ0v) is 29.5. The molecule has 0 atom stereocenters. The molecule has 2 nitrogen and oxygen atoms in total. The Morgan fingerprint density at radius 1 is 0.436 bits per heavy atom. The van der Waals surface area contributed by atoms with Crippen LogP contribution in [-0.2, 0) is 32.5 Å². The van der Waals surface area contributed by atoms with Crippen molar-refractivity contribution in [1.29, 1.82) is 0 Å². The fraction of sp³-hybridized carbons (Fsp3) is 0.667. The van der Waals surface area contributed by atoms with E-state index >= 15 is 0 Å². The van der Waals surface area contributed by atoms with Gasteiger partial charge in [-0.05, 0) is 54.7 Å². The molecule has 0 saturated heterocycles. The number of benzene rings is 2. The van der Waals surface area contributed by atoms with Gasteiger partial charge in [0.25, 0.3) is 0 Å². The molecule has 0 aliphatic carbocycles. The molecule has 0 saturated carbocycles. The smallest absolute Gasteiger partial charge is 0.247 e. The van der Waals surface area contributed by atoms with Crippen molar-refractivity contribution in [2.75, 3.05) is 0 Å². The second-order valence-corrected chi connectivity index (χ2v) is 18.1. The van der Waals surface area contributed by atoms with Crippen LogP contribution in [0.4, 0.5) is 5.69 Å². The van der Waals surface area contributed by atoms with Crippen LogP contribution in [0.5, 0.6) is 5.75 Å². The van der Waals surface area contributed by atoms with E-state index in [9.17, 15) is 0 Å². The van der Waals surface area contributed by atoms with E-state index < -0.39 is 0 Å². The summed E-state index contributed by atoms with van der Waals surface area (Å²) in [7, 11) is 0.607. The van der Waals surface area contributed by atoms with Crippen molar-refractivity contribution in [3.63, 3.8) is 0 Å². The quantitative estimate of drug-likeness (QED) is 0.348. The Kier molecular flexibility index (Phi) is 9.14. The van der Waals surface area contributed by atoms with E-state index in [1.54, 1.807) is 0 Å². The number of nitrogens with zero attached hydrogens (tertiary/aromatic N) is 1. The average Bonchev–Trinajstić information content (AvgIpc) is 2.68. The first-order valence-electron chi connectivity index (χ1n) is 14.6. The molecule has 218 valence electrons. The Hall–Kier alpha value is -1.66. The summed E-state index contributed by atoms with van der Waals surface area (Å²) in [6.45, 7) is 41.2. The summed E-state index contributed by atoms with van der Waals surface area (Å²) in [6, 6.07) is 9.48. The molecular formula is C36H58NOP. The van der Waals surface area contributed by atoms with Crippen LogP contribution in [0.25, 0.3) is 0 Å². The molecule has 2 aromatic rings. The second kappa shape index (κ2) is 10.6. The van der Waals surface area contributed by atoms with Crippen LogP contribution in [0.2, 0.25) is 0 Å². The normalized spacial score (nSPS) is 14.3. The lowest BCUT2D eigenvalue weighted by atomic mass is 9.74. The first-order chi connectivity index (χ1) is 17.1. The average molecular weight is 552 g/mol. The van der Waals surface area contributed by atoms with Gasteiger partial charge in [-0.25, -0.2) is 0 Å². The topological polar surface area (TPSA) is 21.6 Å². The lowest BCUT2D eigenvalue weighted by molar-refractivity contribution is 0.500. The Bertz CT molecular complexity index is 1140. The fourth-order valence-electron chi connectivity index (χ4n) is 4.70. The monoisotopic (exact) mass is 551 g/mol. The molecular weight excluding hydrogens is 493 g/mol. The molecule has 0 bridgehead atoms. The van der Waals surface area contributed by atoms with Gasteiger partial charge in [-0.3, -0.25) is 0 Å². The van der Waals surface area contributed by atoms with Gasteiger partial charge < -0.3 is 4.52 Å². The maximum absolute atomic E-state index is 6.73. The third kappa shape index (κ3) is 8.19. The van der Waals surface area contributed by atoms with E-state index in [0.29, 0.717) is 8.60 Å². The molecule has 0 heterocycles. The van der Waals surface area contributed by atoms with Gasteiger partial charge in [0.1, 0.15) is 5.75 Å². The van der Waals surface area contributed by atoms with E-state index in [4.69, 9.17) is 9.27 Å². The molecule has 2 aromatic carbocycles. The van der Waals surface area contributed by atoms with Gasteiger partial charge in [0.05, 0.1) is 5.69 Å². The van der Waals surface area contributed by atoms with Gasteiger partial charge in [-0.1, -0.05) is 149 Å². The molecule has 0 amide bonds. The summed E-state index contributed by atoms with van der Waals surface area (Å²) in [5.74, 6) is 0.981.